The van der Waals surface area contributed by atoms with E-state index >= 15 is 0 Å². The molecule has 1 amide bonds. The number of hydrogen-bond donors (Lipinski definition) is 1. The highest BCUT2D eigenvalue weighted by Crippen LogP contribution is 2.27. The number of hydrogen-bond acceptors (Lipinski definition) is 4. The number of aryl methyl sites for hydroxylation is 1. The van der Waals surface area contributed by atoms with Gasteiger partial charge in [0.05, 0.1) is 18.2 Å². The summed E-state index contributed by atoms with van der Waals surface area (Å²) in [6.45, 7) is 5.68. The van der Waals surface area contributed by atoms with Gasteiger partial charge in [0.25, 0.3) is 5.91 Å². The van der Waals surface area contributed by atoms with E-state index in [-0.39, 0.29) is 6.54 Å². The van der Waals surface area contributed by atoms with Crippen LogP contribution in [0, 0.1) is 20.8 Å². The fourth-order valence-corrected chi connectivity index (χ4v) is 3.98. The summed E-state index contributed by atoms with van der Waals surface area (Å²) < 4.78 is 25.8. The van der Waals surface area contributed by atoms with Gasteiger partial charge in [-0.2, -0.15) is 5.10 Å². The van der Waals surface area contributed by atoms with Crippen molar-refractivity contribution in [2.75, 3.05) is 17.1 Å². The number of amides is 1. The van der Waals surface area contributed by atoms with Crippen LogP contribution in [0.4, 0.5) is 5.69 Å². The SMILES string of the molecule is Cc1ccc(/C=N\NC(=O)CN(c2ccccc2Br)S(C)(=O)=O)c(C)c1C. The van der Waals surface area contributed by atoms with Gasteiger partial charge in [0.2, 0.25) is 10.0 Å². The van der Waals surface area contributed by atoms with Crippen LogP contribution in [0.25, 0.3) is 0 Å². The zero-order valence-corrected chi connectivity index (χ0v) is 18.1. The molecule has 2 rings (SSSR count). The molecule has 0 aliphatic heterocycles. The lowest BCUT2D eigenvalue weighted by Gasteiger charge is -2.22. The number of anilines is 1. The number of nitrogens with one attached hydrogen (secondary N) is 1. The van der Waals surface area contributed by atoms with Crippen LogP contribution in [0.1, 0.15) is 22.3 Å². The fourth-order valence-electron chi connectivity index (χ4n) is 2.49. The van der Waals surface area contributed by atoms with Crippen LogP contribution < -0.4 is 9.73 Å². The topological polar surface area (TPSA) is 78.8 Å². The van der Waals surface area contributed by atoms with E-state index in [1.165, 1.54) is 11.1 Å². The molecule has 27 heavy (non-hydrogen) atoms. The van der Waals surface area contributed by atoms with Crippen molar-refractivity contribution in [3.05, 3.63) is 63.1 Å². The molecule has 0 heterocycles. The van der Waals surface area contributed by atoms with Crippen LogP contribution in [0.3, 0.4) is 0 Å². The molecule has 2 aromatic carbocycles. The van der Waals surface area contributed by atoms with E-state index in [1.807, 2.05) is 32.9 Å². The van der Waals surface area contributed by atoms with Crippen molar-refractivity contribution >= 4 is 43.8 Å². The first-order chi connectivity index (χ1) is 12.6. The summed E-state index contributed by atoms with van der Waals surface area (Å²) in [6, 6.07) is 10.7. The van der Waals surface area contributed by atoms with Crippen molar-refractivity contribution in [3.8, 4) is 0 Å². The first-order valence-corrected chi connectivity index (χ1v) is 10.9. The second-order valence-electron chi connectivity index (χ2n) is 6.24. The van der Waals surface area contributed by atoms with E-state index in [9.17, 15) is 13.2 Å². The molecule has 0 saturated carbocycles. The Hall–Kier alpha value is -2.19. The lowest BCUT2D eigenvalue weighted by atomic mass is 10.00. The Morgan fingerprint density at radius 2 is 1.81 bits per heavy atom. The Morgan fingerprint density at radius 3 is 2.44 bits per heavy atom. The second-order valence-corrected chi connectivity index (χ2v) is 9.00. The van der Waals surface area contributed by atoms with Crippen LogP contribution in [0.15, 0.2) is 46.0 Å². The third-order valence-corrected chi connectivity index (χ3v) is 6.10. The predicted octanol–water partition coefficient (Wildman–Crippen LogP) is 3.29. The molecule has 0 fully saturated rings. The average Bonchev–Trinajstić information content (AvgIpc) is 2.59. The van der Waals surface area contributed by atoms with Crippen LogP contribution in [0.2, 0.25) is 0 Å². The molecule has 144 valence electrons. The van der Waals surface area contributed by atoms with Crippen LogP contribution in [-0.2, 0) is 14.8 Å². The third kappa shape index (κ3) is 5.40. The Bertz CT molecular complexity index is 988. The normalized spacial score (nSPS) is 11.6. The molecular formula is C19H22BrN3O3S. The monoisotopic (exact) mass is 451 g/mol. The highest BCUT2D eigenvalue weighted by molar-refractivity contribution is 9.10. The van der Waals surface area contributed by atoms with Gasteiger partial charge in [-0.1, -0.05) is 24.3 Å². The first-order valence-electron chi connectivity index (χ1n) is 8.22. The fraction of sp³-hybridized carbons (Fsp3) is 0.263. The molecule has 0 unspecified atom stereocenters. The summed E-state index contributed by atoms with van der Waals surface area (Å²) in [5, 5.41) is 3.97. The molecule has 0 aromatic heterocycles. The maximum atomic E-state index is 12.2. The average molecular weight is 452 g/mol. The van der Waals surface area contributed by atoms with Gasteiger partial charge in [-0.25, -0.2) is 13.8 Å². The number of para-hydroxylation sites is 1. The smallest absolute Gasteiger partial charge is 0.260 e. The van der Waals surface area contributed by atoms with Crippen molar-refractivity contribution in [2.45, 2.75) is 20.8 Å². The summed E-state index contributed by atoms with van der Waals surface area (Å²) >= 11 is 3.32. The van der Waals surface area contributed by atoms with E-state index in [2.05, 4.69) is 26.5 Å². The Morgan fingerprint density at radius 1 is 1.15 bits per heavy atom. The highest BCUT2D eigenvalue weighted by Gasteiger charge is 2.22. The quantitative estimate of drug-likeness (QED) is 0.540. The van der Waals surface area contributed by atoms with Gasteiger partial charge >= 0.3 is 0 Å². The van der Waals surface area contributed by atoms with E-state index in [0.29, 0.717) is 10.2 Å². The predicted molar refractivity (Wildman–Crippen MR) is 113 cm³/mol. The number of carbonyl (C=O) groups excluding carboxylic acids is 1. The second kappa shape index (κ2) is 8.67. The molecular weight excluding hydrogens is 430 g/mol. The molecule has 0 radical (unpaired) electrons. The summed E-state index contributed by atoms with van der Waals surface area (Å²) in [4.78, 5) is 12.2. The van der Waals surface area contributed by atoms with Crippen molar-refractivity contribution in [3.63, 3.8) is 0 Å². The Labute approximate surface area is 168 Å². The summed E-state index contributed by atoms with van der Waals surface area (Å²) in [5.41, 5.74) is 7.12. The number of carbonyl (C=O) groups is 1. The van der Waals surface area contributed by atoms with Gasteiger partial charge in [0.1, 0.15) is 6.54 Å². The minimum Gasteiger partial charge on any atom is -0.271 e. The lowest BCUT2D eigenvalue weighted by molar-refractivity contribution is -0.119. The van der Waals surface area contributed by atoms with Gasteiger partial charge in [0.15, 0.2) is 0 Å². The van der Waals surface area contributed by atoms with Crippen molar-refractivity contribution < 1.29 is 13.2 Å². The van der Waals surface area contributed by atoms with Crippen LogP contribution >= 0.6 is 15.9 Å². The van der Waals surface area contributed by atoms with Crippen molar-refractivity contribution in [2.24, 2.45) is 5.10 Å². The molecule has 2 aromatic rings. The number of benzene rings is 2. The van der Waals surface area contributed by atoms with E-state index < -0.39 is 15.9 Å². The van der Waals surface area contributed by atoms with Gasteiger partial charge in [-0.15, -0.1) is 0 Å². The summed E-state index contributed by atoms with van der Waals surface area (Å²) in [5.74, 6) is -0.533. The molecule has 0 bridgehead atoms. The van der Waals surface area contributed by atoms with Gasteiger partial charge < -0.3 is 0 Å². The van der Waals surface area contributed by atoms with Gasteiger partial charge in [-0.3, -0.25) is 9.10 Å². The highest BCUT2D eigenvalue weighted by atomic mass is 79.9. The standard InChI is InChI=1S/C19H22BrN3O3S/c1-13-9-10-16(15(3)14(13)2)11-21-22-19(24)12-23(27(4,25)26)18-8-6-5-7-17(18)20/h5-11H,12H2,1-4H3,(H,22,24)/b21-11-. The van der Waals surface area contributed by atoms with Crippen molar-refractivity contribution in [1.29, 1.82) is 0 Å². The Kier molecular flexibility index (Phi) is 6.78. The summed E-state index contributed by atoms with van der Waals surface area (Å²) in [7, 11) is -3.64. The maximum absolute atomic E-state index is 12.2. The zero-order valence-electron chi connectivity index (χ0n) is 15.7. The minimum absolute atomic E-state index is 0.370. The molecule has 0 saturated heterocycles. The molecule has 1 N–H and O–H groups in total. The third-order valence-electron chi connectivity index (χ3n) is 4.30. The largest absolute Gasteiger partial charge is 0.271 e. The summed E-state index contributed by atoms with van der Waals surface area (Å²) in [6.07, 6.45) is 2.62. The number of halogens is 1. The van der Waals surface area contributed by atoms with Crippen LogP contribution in [0.5, 0.6) is 0 Å². The molecule has 0 atom stereocenters. The Balaban J connectivity index is 2.13. The molecule has 6 nitrogen and oxygen atoms in total. The van der Waals surface area contributed by atoms with E-state index in [1.54, 1.807) is 30.5 Å². The molecule has 0 aliphatic carbocycles. The maximum Gasteiger partial charge on any atom is 0.260 e. The van der Waals surface area contributed by atoms with Crippen molar-refractivity contribution in [1.82, 2.24) is 5.43 Å². The number of rotatable bonds is 6. The van der Waals surface area contributed by atoms with E-state index in [4.69, 9.17) is 0 Å². The van der Waals surface area contributed by atoms with Crippen LogP contribution in [-0.4, -0.2) is 33.3 Å². The molecule has 0 spiro atoms. The number of hydrazone groups is 1. The zero-order chi connectivity index (χ0) is 20.2. The van der Waals surface area contributed by atoms with Gasteiger partial charge in [0, 0.05) is 4.47 Å². The first kappa shape index (κ1) is 21.1. The van der Waals surface area contributed by atoms with E-state index in [0.717, 1.165) is 21.7 Å². The molecule has 0 aliphatic rings. The molecule has 8 heteroatoms. The minimum atomic E-state index is -3.64. The number of sulfonamides is 1. The lowest BCUT2D eigenvalue weighted by Crippen LogP contribution is -2.39. The number of nitrogens with zero attached hydrogens (tertiary/aromatic N) is 2. The van der Waals surface area contributed by atoms with Gasteiger partial charge in [-0.05, 0) is 71.1 Å².